The summed E-state index contributed by atoms with van der Waals surface area (Å²) in [6.07, 6.45) is 3.26. The molecule has 1 N–H and O–H groups in total. The Labute approximate surface area is 125 Å². The minimum atomic E-state index is -0.487. The summed E-state index contributed by atoms with van der Waals surface area (Å²) in [5, 5.41) is 2.75. The van der Waals surface area contributed by atoms with Crippen LogP contribution in [0.2, 0.25) is 0 Å². The Morgan fingerprint density at radius 2 is 2.14 bits per heavy atom. The van der Waals surface area contributed by atoms with Gasteiger partial charge in [0.1, 0.15) is 11.4 Å². The zero-order valence-corrected chi connectivity index (χ0v) is 12.9. The predicted molar refractivity (Wildman–Crippen MR) is 81.7 cm³/mol. The van der Waals surface area contributed by atoms with E-state index in [9.17, 15) is 4.79 Å². The highest BCUT2D eigenvalue weighted by Crippen LogP contribution is 2.18. The lowest BCUT2D eigenvalue weighted by atomic mass is 10.1. The van der Waals surface area contributed by atoms with E-state index in [0.29, 0.717) is 6.54 Å². The molecule has 1 aromatic carbocycles. The lowest BCUT2D eigenvalue weighted by molar-refractivity contribution is 0.0523. The zero-order valence-electron chi connectivity index (χ0n) is 12.9. The minimum absolute atomic E-state index is 0.412. The van der Waals surface area contributed by atoms with Gasteiger partial charge >= 0.3 is 6.09 Å². The molecule has 112 valence electrons. The summed E-state index contributed by atoms with van der Waals surface area (Å²) >= 11 is 0. The summed E-state index contributed by atoms with van der Waals surface area (Å²) in [6, 6.07) is 7.93. The molecule has 1 amide bonds. The third kappa shape index (κ3) is 4.34. The van der Waals surface area contributed by atoms with E-state index in [0.717, 1.165) is 17.0 Å². The molecule has 0 unspecified atom stereocenters. The van der Waals surface area contributed by atoms with Crippen molar-refractivity contribution in [1.82, 2.24) is 14.9 Å². The summed E-state index contributed by atoms with van der Waals surface area (Å²) < 4.78 is 7.17. The monoisotopic (exact) mass is 287 g/mol. The van der Waals surface area contributed by atoms with Crippen LogP contribution in [0.15, 0.2) is 36.7 Å². The average molecular weight is 287 g/mol. The van der Waals surface area contributed by atoms with Gasteiger partial charge in [0, 0.05) is 31.5 Å². The van der Waals surface area contributed by atoms with E-state index in [1.807, 2.05) is 62.8 Å². The molecule has 1 aromatic heterocycles. The maximum atomic E-state index is 11.6. The lowest BCUT2D eigenvalue weighted by Crippen LogP contribution is -2.32. The summed E-state index contributed by atoms with van der Waals surface area (Å²) in [5.74, 6) is 0.897. The first-order valence-corrected chi connectivity index (χ1v) is 6.89. The van der Waals surface area contributed by atoms with E-state index < -0.39 is 11.7 Å². The number of rotatable bonds is 3. The number of alkyl carbamates (subject to hydrolysis) is 1. The molecule has 0 bridgehead atoms. The Hall–Kier alpha value is -2.30. The summed E-state index contributed by atoms with van der Waals surface area (Å²) in [7, 11) is 1.95. The van der Waals surface area contributed by atoms with Gasteiger partial charge in [0.05, 0.1) is 0 Å². The third-order valence-corrected chi connectivity index (χ3v) is 2.84. The fourth-order valence-electron chi connectivity index (χ4n) is 1.95. The van der Waals surface area contributed by atoms with Crippen LogP contribution in [0.25, 0.3) is 11.4 Å². The molecular weight excluding hydrogens is 266 g/mol. The van der Waals surface area contributed by atoms with E-state index in [2.05, 4.69) is 10.3 Å². The first kappa shape index (κ1) is 15.1. The number of carbonyl (C=O) groups excluding carboxylic acids is 1. The molecule has 1 heterocycles. The minimum Gasteiger partial charge on any atom is -0.444 e. The van der Waals surface area contributed by atoms with Crippen molar-refractivity contribution < 1.29 is 9.53 Å². The van der Waals surface area contributed by atoms with Gasteiger partial charge in [0.15, 0.2) is 0 Å². The number of hydrogen-bond donors (Lipinski definition) is 1. The highest BCUT2D eigenvalue weighted by Gasteiger charge is 2.15. The molecule has 0 aliphatic carbocycles. The molecule has 0 saturated heterocycles. The first-order valence-electron chi connectivity index (χ1n) is 6.89. The molecule has 2 rings (SSSR count). The van der Waals surface area contributed by atoms with Crippen LogP contribution < -0.4 is 5.32 Å². The van der Waals surface area contributed by atoms with E-state index in [4.69, 9.17) is 4.74 Å². The van der Waals surface area contributed by atoms with Gasteiger partial charge in [-0.1, -0.05) is 18.2 Å². The van der Waals surface area contributed by atoms with Gasteiger partial charge in [-0.2, -0.15) is 0 Å². The molecular formula is C16H21N3O2. The van der Waals surface area contributed by atoms with Crippen LogP contribution in [0.5, 0.6) is 0 Å². The van der Waals surface area contributed by atoms with E-state index in [1.54, 1.807) is 6.20 Å². The largest absolute Gasteiger partial charge is 0.444 e. The second-order valence-corrected chi connectivity index (χ2v) is 5.92. The normalized spacial score (nSPS) is 11.2. The Kier molecular flexibility index (Phi) is 4.31. The Balaban J connectivity index is 2.02. The average Bonchev–Trinajstić information content (AvgIpc) is 2.81. The Morgan fingerprint density at radius 3 is 2.76 bits per heavy atom. The van der Waals surface area contributed by atoms with Crippen molar-refractivity contribution >= 4 is 6.09 Å². The number of nitrogens with one attached hydrogen (secondary N) is 1. The van der Waals surface area contributed by atoms with Gasteiger partial charge in [0.2, 0.25) is 0 Å². The van der Waals surface area contributed by atoms with Crippen LogP contribution in [-0.2, 0) is 18.3 Å². The van der Waals surface area contributed by atoms with Gasteiger partial charge in [-0.15, -0.1) is 0 Å². The van der Waals surface area contributed by atoms with Crippen molar-refractivity contribution in [3.63, 3.8) is 0 Å². The van der Waals surface area contributed by atoms with Crippen molar-refractivity contribution in [1.29, 1.82) is 0 Å². The number of benzene rings is 1. The molecule has 0 fully saturated rings. The van der Waals surface area contributed by atoms with Crippen molar-refractivity contribution in [3.8, 4) is 11.4 Å². The van der Waals surface area contributed by atoms with Gasteiger partial charge < -0.3 is 14.6 Å². The van der Waals surface area contributed by atoms with Crippen LogP contribution in [0.3, 0.4) is 0 Å². The van der Waals surface area contributed by atoms with Crippen LogP contribution in [0, 0.1) is 0 Å². The SMILES string of the molecule is Cn1ccnc1-c1cccc(CNC(=O)OC(C)(C)C)c1. The number of ether oxygens (including phenoxy) is 1. The van der Waals surface area contributed by atoms with Crippen molar-refractivity contribution in [2.75, 3.05) is 0 Å². The second-order valence-electron chi connectivity index (χ2n) is 5.92. The highest BCUT2D eigenvalue weighted by atomic mass is 16.6. The molecule has 0 radical (unpaired) electrons. The standard InChI is InChI=1S/C16H21N3O2/c1-16(2,3)21-15(20)18-11-12-6-5-7-13(10-12)14-17-8-9-19(14)4/h5-10H,11H2,1-4H3,(H,18,20). The van der Waals surface area contributed by atoms with Gasteiger partial charge in [-0.05, 0) is 32.4 Å². The number of carbonyl (C=O) groups is 1. The van der Waals surface area contributed by atoms with Crippen LogP contribution in [0.4, 0.5) is 4.79 Å². The predicted octanol–water partition coefficient (Wildman–Crippen LogP) is 3.11. The highest BCUT2D eigenvalue weighted by molar-refractivity contribution is 5.67. The quantitative estimate of drug-likeness (QED) is 0.943. The molecule has 21 heavy (non-hydrogen) atoms. The maximum absolute atomic E-state index is 11.6. The summed E-state index contributed by atoms with van der Waals surface area (Å²) in [6.45, 7) is 5.95. The molecule has 0 spiro atoms. The molecule has 2 aromatic rings. The molecule has 0 aliphatic rings. The fourth-order valence-corrected chi connectivity index (χ4v) is 1.95. The summed E-state index contributed by atoms with van der Waals surface area (Å²) in [5.41, 5.74) is 1.53. The van der Waals surface area contributed by atoms with Crippen LogP contribution in [-0.4, -0.2) is 21.2 Å². The van der Waals surface area contributed by atoms with Crippen molar-refractivity contribution in [3.05, 3.63) is 42.2 Å². The topological polar surface area (TPSA) is 56.2 Å². The lowest BCUT2D eigenvalue weighted by Gasteiger charge is -2.19. The van der Waals surface area contributed by atoms with E-state index in [1.165, 1.54) is 0 Å². The first-order chi connectivity index (χ1) is 9.85. The van der Waals surface area contributed by atoms with Crippen molar-refractivity contribution in [2.24, 2.45) is 7.05 Å². The number of nitrogens with zero attached hydrogens (tertiary/aromatic N) is 2. The van der Waals surface area contributed by atoms with E-state index in [-0.39, 0.29) is 0 Å². The third-order valence-electron chi connectivity index (χ3n) is 2.84. The molecule has 0 aliphatic heterocycles. The molecule has 5 nitrogen and oxygen atoms in total. The number of aromatic nitrogens is 2. The van der Waals surface area contributed by atoms with Crippen LogP contribution >= 0.6 is 0 Å². The summed E-state index contributed by atoms with van der Waals surface area (Å²) in [4.78, 5) is 16.0. The number of amides is 1. The molecule has 5 heteroatoms. The Morgan fingerprint density at radius 1 is 1.38 bits per heavy atom. The van der Waals surface area contributed by atoms with Crippen molar-refractivity contribution in [2.45, 2.75) is 32.9 Å². The van der Waals surface area contributed by atoms with Gasteiger partial charge in [-0.3, -0.25) is 0 Å². The van der Waals surface area contributed by atoms with Crippen LogP contribution in [0.1, 0.15) is 26.3 Å². The smallest absolute Gasteiger partial charge is 0.407 e. The number of aryl methyl sites for hydroxylation is 1. The maximum Gasteiger partial charge on any atom is 0.407 e. The van der Waals surface area contributed by atoms with E-state index >= 15 is 0 Å². The Bertz CT molecular complexity index is 626. The van der Waals surface area contributed by atoms with Gasteiger partial charge in [0.25, 0.3) is 0 Å². The fraction of sp³-hybridized carbons (Fsp3) is 0.375. The molecule has 0 saturated carbocycles. The second kappa shape index (κ2) is 5.99. The van der Waals surface area contributed by atoms with Gasteiger partial charge in [-0.25, -0.2) is 9.78 Å². The number of hydrogen-bond acceptors (Lipinski definition) is 3. The molecule has 0 atom stereocenters. The number of imidazole rings is 1. The zero-order chi connectivity index (χ0) is 15.5.